The summed E-state index contributed by atoms with van der Waals surface area (Å²) in [6.07, 6.45) is -1.78. The molecule has 0 bridgehead atoms. The van der Waals surface area contributed by atoms with Crippen LogP contribution in [0.4, 0.5) is 0 Å². The van der Waals surface area contributed by atoms with E-state index in [0.29, 0.717) is 12.8 Å². The van der Waals surface area contributed by atoms with E-state index in [2.05, 4.69) is 4.74 Å². The lowest BCUT2D eigenvalue weighted by Gasteiger charge is -2.24. The Kier molecular flexibility index (Phi) is 12.7. The Morgan fingerprint density at radius 2 is 1.33 bits per heavy atom. The molecule has 0 heterocycles. The topological polar surface area (TPSA) is 145 Å². The van der Waals surface area contributed by atoms with Crippen molar-refractivity contribution in [2.75, 3.05) is 13.7 Å². The van der Waals surface area contributed by atoms with Crippen LogP contribution >= 0.6 is 0 Å². The summed E-state index contributed by atoms with van der Waals surface area (Å²) in [6.45, 7) is -0.783. The first kappa shape index (κ1) is 22.9. The SMILES string of the molecule is COC(=O)CCCCCCCCC(=O)[C@@H](O)[C@@H](O)[C@H](O)[C@H](O)CO. The van der Waals surface area contributed by atoms with Gasteiger partial charge in [0.05, 0.1) is 13.7 Å². The quantitative estimate of drug-likeness (QED) is 0.204. The van der Waals surface area contributed by atoms with Gasteiger partial charge < -0.3 is 30.3 Å². The number of aliphatic hydroxyl groups is 5. The smallest absolute Gasteiger partial charge is 0.305 e. The van der Waals surface area contributed by atoms with Gasteiger partial charge in [-0.25, -0.2) is 0 Å². The number of ether oxygens (including phenoxy) is 1. The molecule has 8 heteroatoms. The van der Waals surface area contributed by atoms with Crippen LogP contribution in [0.5, 0.6) is 0 Å². The van der Waals surface area contributed by atoms with E-state index in [1.807, 2.05) is 0 Å². The van der Waals surface area contributed by atoms with E-state index in [0.717, 1.165) is 32.1 Å². The maximum Gasteiger partial charge on any atom is 0.305 e. The van der Waals surface area contributed by atoms with Gasteiger partial charge in [0.1, 0.15) is 24.4 Å². The zero-order valence-corrected chi connectivity index (χ0v) is 14.1. The normalized spacial score (nSPS) is 16.2. The summed E-state index contributed by atoms with van der Waals surface area (Å²) in [6, 6.07) is 0. The van der Waals surface area contributed by atoms with Crippen LogP contribution in [0.3, 0.4) is 0 Å². The summed E-state index contributed by atoms with van der Waals surface area (Å²) in [4.78, 5) is 22.6. The number of rotatable bonds is 14. The highest BCUT2D eigenvalue weighted by Gasteiger charge is 2.33. The van der Waals surface area contributed by atoms with Crippen molar-refractivity contribution in [1.82, 2.24) is 0 Å². The second kappa shape index (κ2) is 13.3. The molecule has 5 N–H and O–H groups in total. The van der Waals surface area contributed by atoms with Crippen LogP contribution in [0.2, 0.25) is 0 Å². The molecule has 4 atom stereocenters. The molecule has 0 aliphatic heterocycles. The Morgan fingerprint density at radius 1 is 0.833 bits per heavy atom. The first-order valence-corrected chi connectivity index (χ1v) is 8.27. The fourth-order valence-electron chi connectivity index (χ4n) is 2.24. The summed E-state index contributed by atoms with van der Waals surface area (Å²) < 4.78 is 4.53. The molecule has 0 radical (unpaired) electrons. The van der Waals surface area contributed by atoms with Crippen LogP contribution in [0.25, 0.3) is 0 Å². The van der Waals surface area contributed by atoms with Crippen LogP contribution < -0.4 is 0 Å². The van der Waals surface area contributed by atoms with E-state index in [9.17, 15) is 30.0 Å². The van der Waals surface area contributed by atoms with Gasteiger partial charge in [0.15, 0.2) is 5.78 Å². The van der Waals surface area contributed by atoms with E-state index in [4.69, 9.17) is 5.11 Å². The predicted octanol–water partition coefficient (Wildman–Crippen LogP) is -0.715. The molecular weight excluding hydrogens is 320 g/mol. The lowest BCUT2D eigenvalue weighted by atomic mass is 9.97. The molecule has 0 spiro atoms. The molecule has 24 heavy (non-hydrogen) atoms. The van der Waals surface area contributed by atoms with E-state index < -0.39 is 36.8 Å². The van der Waals surface area contributed by atoms with Crippen LogP contribution in [0.15, 0.2) is 0 Å². The maximum absolute atomic E-state index is 11.7. The van der Waals surface area contributed by atoms with E-state index >= 15 is 0 Å². The molecule has 0 unspecified atom stereocenters. The summed E-state index contributed by atoms with van der Waals surface area (Å²) >= 11 is 0. The van der Waals surface area contributed by atoms with Crippen molar-refractivity contribution in [1.29, 1.82) is 0 Å². The molecule has 0 aliphatic rings. The van der Waals surface area contributed by atoms with Gasteiger partial charge in [-0.1, -0.05) is 25.7 Å². The molecule has 0 aromatic rings. The second-order valence-corrected chi connectivity index (χ2v) is 5.84. The summed E-state index contributed by atoms with van der Waals surface area (Å²) in [5.41, 5.74) is 0. The van der Waals surface area contributed by atoms with Crippen molar-refractivity contribution in [2.24, 2.45) is 0 Å². The van der Waals surface area contributed by atoms with Crippen LogP contribution in [0, 0.1) is 0 Å². The van der Waals surface area contributed by atoms with Gasteiger partial charge in [-0.15, -0.1) is 0 Å². The summed E-state index contributed by atoms with van der Waals surface area (Å²) in [5, 5.41) is 46.5. The second-order valence-electron chi connectivity index (χ2n) is 5.84. The molecular formula is C16H30O8. The minimum Gasteiger partial charge on any atom is -0.469 e. The molecule has 142 valence electrons. The van der Waals surface area contributed by atoms with Crippen molar-refractivity contribution in [2.45, 2.75) is 75.8 Å². The van der Waals surface area contributed by atoms with Crippen molar-refractivity contribution < 1.29 is 39.9 Å². The zero-order chi connectivity index (χ0) is 18.5. The fourth-order valence-corrected chi connectivity index (χ4v) is 2.24. The van der Waals surface area contributed by atoms with Gasteiger partial charge in [-0.05, 0) is 12.8 Å². The first-order valence-electron chi connectivity index (χ1n) is 8.27. The lowest BCUT2D eigenvalue weighted by Crippen LogP contribution is -2.48. The van der Waals surface area contributed by atoms with Gasteiger partial charge in [0.2, 0.25) is 0 Å². The van der Waals surface area contributed by atoms with Crippen LogP contribution in [0.1, 0.15) is 51.4 Å². The average molecular weight is 350 g/mol. The average Bonchev–Trinajstić information content (AvgIpc) is 2.60. The standard InChI is InChI=1S/C16H30O8/c1-24-13(20)9-7-5-3-2-4-6-8-11(18)14(21)16(23)15(22)12(19)10-17/h12,14-17,19,21-23H,2-10H2,1H3/t12-,14-,15-,16-/m1/s1. The number of hydrogen-bond donors (Lipinski definition) is 5. The fraction of sp³-hybridized carbons (Fsp3) is 0.875. The molecule has 8 nitrogen and oxygen atoms in total. The summed E-state index contributed by atoms with van der Waals surface area (Å²) in [7, 11) is 1.36. The third-order valence-corrected chi connectivity index (χ3v) is 3.87. The van der Waals surface area contributed by atoms with E-state index in [1.165, 1.54) is 7.11 Å². The van der Waals surface area contributed by atoms with Gasteiger partial charge in [-0.3, -0.25) is 9.59 Å². The van der Waals surface area contributed by atoms with Crippen LogP contribution in [-0.2, 0) is 14.3 Å². The number of unbranched alkanes of at least 4 members (excludes halogenated alkanes) is 5. The van der Waals surface area contributed by atoms with Crippen molar-refractivity contribution in [3.05, 3.63) is 0 Å². The van der Waals surface area contributed by atoms with Crippen molar-refractivity contribution in [3.63, 3.8) is 0 Å². The number of ketones is 1. The molecule has 0 saturated heterocycles. The summed E-state index contributed by atoms with van der Waals surface area (Å²) in [5.74, 6) is -0.834. The van der Waals surface area contributed by atoms with E-state index in [-0.39, 0.29) is 12.4 Å². The molecule has 0 aromatic carbocycles. The number of carbonyl (C=O) groups is 2. The zero-order valence-electron chi connectivity index (χ0n) is 14.1. The molecule has 0 rings (SSSR count). The highest BCUT2D eigenvalue weighted by Crippen LogP contribution is 2.12. The Bertz CT molecular complexity index is 360. The van der Waals surface area contributed by atoms with Gasteiger partial charge in [0, 0.05) is 12.8 Å². The van der Waals surface area contributed by atoms with Crippen LogP contribution in [-0.4, -0.2) is 75.4 Å². The Balaban J connectivity index is 3.80. The predicted molar refractivity (Wildman–Crippen MR) is 85.1 cm³/mol. The van der Waals surface area contributed by atoms with Gasteiger partial charge >= 0.3 is 5.97 Å². The third kappa shape index (κ3) is 9.29. The lowest BCUT2D eigenvalue weighted by molar-refractivity contribution is -0.147. The molecule has 0 saturated carbocycles. The third-order valence-electron chi connectivity index (χ3n) is 3.87. The number of aliphatic hydroxyl groups excluding tert-OH is 5. The number of Topliss-reactive ketones (excluding diaryl/α,β-unsaturated/α-hetero) is 1. The van der Waals surface area contributed by atoms with Crippen molar-refractivity contribution >= 4 is 11.8 Å². The Labute approximate surface area is 142 Å². The number of hydrogen-bond acceptors (Lipinski definition) is 8. The first-order chi connectivity index (χ1) is 11.3. The minimum atomic E-state index is -1.84. The number of carbonyl (C=O) groups excluding carboxylic acids is 2. The maximum atomic E-state index is 11.7. The molecule has 0 amide bonds. The Hall–Kier alpha value is -1.06. The van der Waals surface area contributed by atoms with Crippen molar-refractivity contribution in [3.8, 4) is 0 Å². The highest BCUT2D eigenvalue weighted by atomic mass is 16.5. The number of methoxy groups -OCH3 is 1. The monoisotopic (exact) mass is 350 g/mol. The molecule has 0 fully saturated rings. The molecule has 0 aliphatic carbocycles. The number of esters is 1. The molecule has 0 aromatic heterocycles. The Morgan fingerprint density at radius 3 is 1.83 bits per heavy atom. The van der Waals surface area contributed by atoms with Gasteiger partial charge in [0.25, 0.3) is 0 Å². The highest BCUT2D eigenvalue weighted by molar-refractivity contribution is 5.83. The van der Waals surface area contributed by atoms with Gasteiger partial charge in [-0.2, -0.15) is 0 Å². The van der Waals surface area contributed by atoms with E-state index in [1.54, 1.807) is 0 Å². The largest absolute Gasteiger partial charge is 0.469 e. The minimum absolute atomic E-state index is 0.0579.